The van der Waals surface area contributed by atoms with Crippen LogP contribution in [-0.4, -0.2) is 125 Å². The van der Waals surface area contributed by atoms with E-state index in [1.165, 1.54) is 11.1 Å². The third-order valence-electron chi connectivity index (χ3n) is 18.7. The molecule has 576 valence electrons. The number of aryl methyl sites for hydroxylation is 2. The number of hydrogen-bond acceptors (Lipinski definition) is 22. The molecule has 0 amide bonds. The van der Waals surface area contributed by atoms with Gasteiger partial charge in [0, 0.05) is 12.2 Å². The van der Waals surface area contributed by atoms with Crippen LogP contribution in [0.3, 0.4) is 0 Å². The summed E-state index contributed by atoms with van der Waals surface area (Å²) >= 11 is 0. The van der Waals surface area contributed by atoms with Crippen LogP contribution in [0.5, 0.6) is 23.0 Å². The van der Waals surface area contributed by atoms with Crippen molar-refractivity contribution in [3.05, 3.63) is 215 Å². The molecule has 2 aliphatic rings. The van der Waals surface area contributed by atoms with Crippen LogP contribution in [0.1, 0.15) is 184 Å². The van der Waals surface area contributed by atoms with Gasteiger partial charge in [-0.15, -0.1) is 0 Å². The van der Waals surface area contributed by atoms with Crippen molar-refractivity contribution < 1.29 is 85.7 Å². The van der Waals surface area contributed by atoms with Crippen LogP contribution in [0.25, 0.3) is 0 Å². The Balaban J connectivity index is 0.924. The Morgan fingerprint density at radius 3 is 0.945 bits per heavy atom. The second-order valence-electron chi connectivity index (χ2n) is 27.2. The standard InChI is InChI=1S/C87H100N4O18/c1-5-17-63-19-23-65(24-20-63)55-88-90-57-67-27-31-69(32-28-67)81(94)104-59-87(60-105-82(95)70-33-29-68(30-34-70)58-91-89-56-66-25-21-64(18-6-2)22-26-66,61-106-83(96)71-35-39-73(40-36-71)85(98)108-77-47-43-75(44-48-77)100-51-13-9-11-15-53-102-79(92)7-3)62-107-84(97)72-37-41-74(42-38-72)86(99)109-78-49-45-76(46-50-78)101-52-14-10-12-16-54-103-80(93)8-4/h7-8,19-34,43-50,55-58,71-74H,3-6,9-18,35-42,51-54,59-62H2,1-2H3/b88-55+,89-56+,90-57+,91-58+. The molecule has 0 aliphatic heterocycles. The molecule has 0 aromatic heterocycles. The van der Waals surface area contributed by atoms with Crippen LogP contribution >= 0.6 is 0 Å². The molecule has 0 N–H and O–H groups in total. The van der Waals surface area contributed by atoms with Gasteiger partial charge in [0.25, 0.3) is 0 Å². The van der Waals surface area contributed by atoms with E-state index < -0.39 is 103 Å². The number of benzene rings is 6. The molecule has 109 heavy (non-hydrogen) atoms. The first kappa shape index (κ1) is 83.5. The van der Waals surface area contributed by atoms with Crippen molar-refractivity contribution in [2.24, 2.45) is 49.5 Å². The summed E-state index contributed by atoms with van der Waals surface area (Å²) in [6, 6.07) is 42.5. The first-order valence-electron chi connectivity index (χ1n) is 37.8. The number of carbonyl (C=O) groups excluding carboxylic acids is 8. The largest absolute Gasteiger partial charge is 0.494 e. The molecule has 2 aliphatic carbocycles. The first-order chi connectivity index (χ1) is 53.1. The number of nitrogens with zero attached hydrogens (tertiary/aromatic N) is 4. The molecule has 2 saturated carbocycles. The fourth-order valence-electron chi connectivity index (χ4n) is 12.2. The summed E-state index contributed by atoms with van der Waals surface area (Å²) in [5.41, 5.74) is 4.13. The lowest BCUT2D eigenvalue weighted by molar-refractivity contribution is -0.166. The summed E-state index contributed by atoms with van der Waals surface area (Å²) in [5.74, 6) is -5.01. The van der Waals surface area contributed by atoms with Crippen molar-refractivity contribution in [3.63, 3.8) is 0 Å². The van der Waals surface area contributed by atoms with Gasteiger partial charge in [0.05, 0.1) is 86.1 Å². The van der Waals surface area contributed by atoms with Crippen molar-refractivity contribution >= 4 is 72.6 Å². The lowest BCUT2D eigenvalue weighted by Crippen LogP contribution is -2.45. The van der Waals surface area contributed by atoms with Gasteiger partial charge >= 0.3 is 47.8 Å². The fourth-order valence-corrected chi connectivity index (χ4v) is 12.2. The minimum atomic E-state index is -1.70. The fraction of sp³-hybridized carbons (Fsp3) is 0.402. The summed E-state index contributed by atoms with van der Waals surface area (Å²) in [4.78, 5) is 107. The molecular weight excluding hydrogens is 1390 g/mol. The number of rotatable bonds is 44. The first-order valence-corrected chi connectivity index (χ1v) is 37.8. The van der Waals surface area contributed by atoms with Crippen LogP contribution in [0, 0.1) is 29.1 Å². The van der Waals surface area contributed by atoms with E-state index in [-0.39, 0.29) is 36.8 Å². The van der Waals surface area contributed by atoms with Crippen LogP contribution in [-0.2, 0) is 70.0 Å². The normalized spacial score (nSPS) is 15.7. The summed E-state index contributed by atoms with van der Waals surface area (Å²) in [7, 11) is 0. The molecule has 0 spiro atoms. The molecular formula is C87H100N4O18. The quantitative estimate of drug-likeness (QED) is 0.00653. The Bertz CT molecular complexity index is 3740. The highest BCUT2D eigenvalue weighted by Gasteiger charge is 2.41. The van der Waals surface area contributed by atoms with E-state index in [2.05, 4.69) is 71.7 Å². The smallest absolute Gasteiger partial charge is 0.338 e. The van der Waals surface area contributed by atoms with E-state index >= 15 is 0 Å². The topological polar surface area (TPSA) is 278 Å². The van der Waals surface area contributed by atoms with Gasteiger partial charge in [-0.25, -0.2) is 19.2 Å². The maximum atomic E-state index is 14.3. The highest BCUT2D eigenvalue weighted by Crippen LogP contribution is 2.35. The summed E-state index contributed by atoms with van der Waals surface area (Å²) in [5, 5.41) is 16.8. The molecule has 22 heteroatoms. The maximum Gasteiger partial charge on any atom is 0.338 e. The Morgan fingerprint density at radius 2 is 0.633 bits per heavy atom. The monoisotopic (exact) mass is 1490 g/mol. The van der Waals surface area contributed by atoms with Crippen LogP contribution in [0.4, 0.5) is 0 Å². The van der Waals surface area contributed by atoms with Crippen molar-refractivity contribution in [1.82, 2.24) is 0 Å². The molecule has 0 bridgehead atoms. The SMILES string of the molecule is C=CC(=O)OCCCCCCOc1ccc(OC(=O)C2CCC(C(=O)OCC(COC(=O)c3ccc(/C=N/N=C/c4ccc(CCC)cc4)cc3)(COC(=O)c3ccc(/C=N/N=C/c4ccc(CCC)cc4)cc3)COC(=O)C3CCC(C(=O)Oc4ccc(OCCCCCCOC(=O)C=C)cc4)CC3)CC2)cc1. The van der Waals surface area contributed by atoms with Crippen molar-refractivity contribution in [2.75, 3.05) is 52.9 Å². The Hall–Kier alpha value is -11.2. The summed E-state index contributed by atoms with van der Waals surface area (Å²) in [6.45, 7) is 10.5. The van der Waals surface area contributed by atoms with E-state index in [9.17, 15) is 38.4 Å². The highest BCUT2D eigenvalue weighted by atomic mass is 16.6. The molecule has 8 rings (SSSR count). The van der Waals surface area contributed by atoms with E-state index in [0.29, 0.717) is 86.2 Å². The molecule has 0 radical (unpaired) electrons. The van der Waals surface area contributed by atoms with Gasteiger partial charge in [-0.2, -0.15) is 20.4 Å². The van der Waals surface area contributed by atoms with E-state index in [1.54, 1.807) is 122 Å². The Labute approximate surface area is 638 Å². The zero-order valence-electron chi connectivity index (χ0n) is 62.5. The highest BCUT2D eigenvalue weighted by molar-refractivity contribution is 5.92. The van der Waals surface area contributed by atoms with E-state index in [1.807, 2.05) is 24.3 Å². The second kappa shape index (κ2) is 46.1. The zero-order valence-corrected chi connectivity index (χ0v) is 62.5. The molecule has 6 aromatic rings. The predicted octanol–water partition coefficient (Wildman–Crippen LogP) is 15.7. The minimum absolute atomic E-state index is 0.147. The predicted molar refractivity (Wildman–Crippen MR) is 414 cm³/mol. The third kappa shape index (κ3) is 29.8. The molecule has 22 nitrogen and oxygen atoms in total. The summed E-state index contributed by atoms with van der Waals surface area (Å²) in [6.07, 6.45) is 21.7. The number of esters is 8. The Morgan fingerprint density at radius 1 is 0.349 bits per heavy atom. The lowest BCUT2D eigenvalue weighted by Gasteiger charge is -2.33. The minimum Gasteiger partial charge on any atom is -0.494 e. The van der Waals surface area contributed by atoms with Gasteiger partial charge in [-0.3, -0.25) is 19.2 Å². The van der Waals surface area contributed by atoms with Crippen LogP contribution in [0.2, 0.25) is 0 Å². The third-order valence-corrected chi connectivity index (χ3v) is 18.7. The molecule has 0 unspecified atom stereocenters. The molecule has 0 atom stereocenters. The van der Waals surface area contributed by atoms with Gasteiger partial charge in [0.2, 0.25) is 0 Å². The average molecular weight is 1490 g/mol. The second-order valence-corrected chi connectivity index (χ2v) is 27.2. The molecule has 6 aromatic carbocycles. The average Bonchev–Trinajstić information content (AvgIpc) is 0.813. The maximum absolute atomic E-state index is 14.3. The van der Waals surface area contributed by atoms with Gasteiger partial charge in [-0.05, 0) is 222 Å². The van der Waals surface area contributed by atoms with Crippen LogP contribution in [0.15, 0.2) is 191 Å². The molecule has 0 heterocycles. The van der Waals surface area contributed by atoms with E-state index in [4.69, 9.17) is 47.4 Å². The van der Waals surface area contributed by atoms with Gasteiger partial charge in [0.1, 0.15) is 54.8 Å². The number of unbranched alkanes of at least 4 members (excludes halogenated alkanes) is 6. The van der Waals surface area contributed by atoms with Crippen LogP contribution < -0.4 is 18.9 Å². The van der Waals surface area contributed by atoms with Gasteiger partial charge in [0.15, 0.2) is 0 Å². The number of ether oxygens (including phenoxy) is 10. The van der Waals surface area contributed by atoms with Crippen molar-refractivity contribution in [3.8, 4) is 23.0 Å². The zero-order chi connectivity index (χ0) is 77.3. The number of carbonyl (C=O) groups is 8. The van der Waals surface area contributed by atoms with Gasteiger partial charge < -0.3 is 47.4 Å². The van der Waals surface area contributed by atoms with Gasteiger partial charge in [-0.1, -0.05) is 113 Å². The summed E-state index contributed by atoms with van der Waals surface area (Å²) < 4.78 is 57.7. The lowest BCUT2D eigenvalue weighted by atomic mass is 9.82. The van der Waals surface area contributed by atoms with E-state index in [0.717, 1.165) is 100 Å². The molecule has 0 saturated heterocycles. The van der Waals surface area contributed by atoms with Crippen molar-refractivity contribution in [2.45, 2.75) is 142 Å². The Kier molecular flexibility index (Phi) is 35.3. The molecule has 2 fully saturated rings. The van der Waals surface area contributed by atoms with Crippen molar-refractivity contribution in [1.29, 1.82) is 0 Å². The number of hydrogen-bond donors (Lipinski definition) is 0.